The van der Waals surface area contributed by atoms with Crippen molar-refractivity contribution in [3.63, 3.8) is 0 Å². The first kappa shape index (κ1) is 23.2. The Morgan fingerprint density at radius 1 is 1.27 bits per heavy atom. The van der Waals surface area contributed by atoms with Crippen molar-refractivity contribution in [2.45, 2.75) is 65.4 Å². The Labute approximate surface area is 160 Å². The van der Waals surface area contributed by atoms with Gasteiger partial charge in [-0.3, -0.25) is 4.99 Å². The minimum Gasteiger partial charge on any atom is -0.378 e. The first-order chi connectivity index (χ1) is 12.2. The van der Waals surface area contributed by atoms with E-state index >= 15 is 0 Å². The molecule has 154 valence electrons. The summed E-state index contributed by atoms with van der Waals surface area (Å²) in [5.41, 5.74) is -0.113. The fourth-order valence-corrected chi connectivity index (χ4v) is 4.35. The highest BCUT2D eigenvalue weighted by molar-refractivity contribution is 7.90. The molecule has 0 aromatic carbocycles. The molecule has 6 nitrogen and oxygen atoms in total. The van der Waals surface area contributed by atoms with E-state index in [0.29, 0.717) is 25.0 Å². The van der Waals surface area contributed by atoms with E-state index < -0.39 is 9.84 Å². The molecule has 0 aromatic heterocycles. The van der Waals surface area contributed by atoms with Gasteiger partial charge in [-0.1, -0.05) is 26.7 Å². The molecule has 1 saturated carbocycles. The summed E-state index contributed by atoms with van der Waals surface area (Å²) in [7, 11) is -1.17. The van der Waals surface area contributed by atoms with Crippen LogP contribution in [0.15, 0.2) is 4.99 Å². The molecule has 1 aliphatic rings. The summed E-state index contributed by atoms with van der Waals surface area (Å²) in [6, 6.07) is 0. The van der Waals surface area contributed by atoms with E-state index in [1.165, 1.54) is 31.9 Å². The monoisotopic (exact) mass is 389 g/mol. The van der Waals surface area contributed by atoms with E-state index in [2.05, 4.69) is 36.4 Å². The van der Waals surface area contributed by atoms with Crippen LogP contribution in [0, 0.1) is 11.3 Å². The molecule has 1 rings (SSSR count). The minimum atomic E-state index is -2.93. The van der Waals surface area contributed by atoms with Crippen LogP contribution in [0.3, 0.4) is 0 Å². The quantitative estimate of drug-likeness (QED) is 0.419. The van der Waals surface area contributed by atoms with Crippen LogP contribution in [-0.2, 0) is 14.6 Å². The van der Waals surface area contributed by atoms with Gasteiger partial charge in [-0.25, -0.2) is 8.42 Å². The molecule has 2 N–H and O–H groups in total. The minimum absolute atomic E-state index is 0.113. The Hall–Kier alpha value is -0.820. The van der Waals surface area contributed by atoms with Crippen LogP contribution in [0.2, 0.25) is 0 Å². The molecule has 0 spiro atoms. The summed E-state index contributed by atoms with van der Waals surface area (Å²) in [5.74, 6) is 1.67. The highest BCUT2D eigenvalue weighted by Crippen LogP contribution is 2.30. The highest BCUT2D eigenvalue weighted by Gasteiger charge is 2.25. The Morgan fingerprint density at radius 2 is 1.92 bits per heavy atom. The molecule has 0 heterocycles. The standard InChI is InChI=1S/C19H39N3O3S/c1-6-25-17(16-9-7-8-10-16)11-13-21-18(20-4)22-15-19(2,3)12-14-26(5,23)24/h16-17H,6-15H2,1-5H3,(H2,20,21,22). The van der Waals surface area contributed by atoms with Crippen LogP contribution < -0.4 is 10.6 Å². The van der Waals surface area contributed by atoms with Crippen LogP contribution in [0.25, 0.3) is 0 Å². The second kappa shape index (κ2) is 11.1. The third kappa shape index (κ3) is 9.76. The Balaban J connectivity index is 2.37. The van der Waals surface area contributed by atoms with Gasteiger partial charge in [-0.2, -0.15) is 0 Å². The second-order valence-electron chi connectivity index (χ2n) is 8.22. The molecule has 26 heavy (non-hydrogen) atoms. The molecular formula is C19H39N3O3S. The zero-order valence-corrected chi connectivity index (χ0v) is 18.1. The van der Waals surface area contributed by atoms with E-state index in [4.69, 9.17) is 4.74 Å². The molecule has 1 unspecified atom stereocenters. The zero-order valence-electron chi connectivity index (χ0n) is 17.3. The molecule has 0 aromatic rings. The summed E-state index contributed by atoms with van der Waals surface area (Å²) in [4.78, 5) is 4.28. The summed E-state index contributed by atoms with van der Waals surface area (Å²) < 4.78 is 28.7. The molecule has 7 heteroatoms. The van der Waals surface area contributed by atoms with E-state index in [1.807, 2.05) is 0 Å². The third-order valence-electron chi connectivity index (χ3n) is 5.14. The van der Waals surface area contributed by atoms with Gasteiger partial charge in [0, 0.05) is 33.0 Å². The summed E-state index contributed by atoms with van der Waals surface area (Å²) in [6.07, 6.45) is 8.45. The van der Waals surface area contributed by atoms with E-state index in [-0.39, 0.29) is 11.2 Å². The van der Waals surface area contributed by atoms with Crippen molar-refractivity contribution < 1.29 is 13.2 Å². The number of rotatable bonds is 11. The van der Waals surface area contributed by atoms with E-state index in [0.717, 1.165) is 25.5 Å². The van der Waals surface area contributed by atoms with Crippen LogP contribution in [-0.4, -0.2) is 59.2 Å². The normalized spacial score (nSPS) is 18.1. The molecule has 0 bridgehead atoms. The Bertz CT molecular complexity index is 526. The molecule has 0 radical (unpaired) electrons. The predicted octanol–water partition coefficient (Wildman–Crippen LogP) is 2.60. The zero-order chi connectivity index (χ0) is 19.6. The lowest BCUT2D eigenvalue weighted by atomic mass is 9.90. The summed E-state index contributed by atoms with van der Waals surface area (Å²) in [5, 5.41) is 6.69. The maximum absolute atomic E-state index is 11.4. The number of aliphatic imine (C=N–C) groups is 1. The number of nitrogens with zero attached hydrogens (tertiary/aromatic N) is 1. The average Bonchev–Trinajstić information content (AvgIpc) is 3.09. The molecular weight excluding hydrogens is 350 g/mol. The van der Waals surface area contributed by atoms with Crippen molar-refractivity contribution in [1.29, 1.82) is 0 Å². The number of guanidine groups is 1. The van der Waals surface area contributed by atoms with Crippen molar-refractivity contribution in [3.8, 4) is 0 Å². The van der Waals surface area contributed by atoms with Crippen molar-refractivity contribution in [2.24, 2.45) is 16.3 Å². The van der Waals surface area contributed by atoms with Gasteiger partial charge < -0.3 is 15.4 Å². The lowest BCUT2D eigenvalue weighted by Crippen LogP contribution is -2.43. The van der Waals surface area contributed by atoms with Crippen LogP contribution >= 0.6 is 0 Å². The number of hydrogen-bond acceptors (Lipinski definition) is 4. The van der Waals surface area contributed by atoms with Gasteiger partial charge >= 0.3 is 0 Å². The van der Waals surface area contributed by atoms with E-state index in [1.54, 1.807) is 7.05 Å². The SMILES string of the molecule is CCOC(CCNC(=NC)NCC(C)(C)CCS(C)(=O)=O)C1CCCC1. The first-order valence-electron chi connectivity index (χ1n) is 9.90. The number of nitrogens with one attached hydrogen (secondary N) is 2. The predicted molar refractivity (Wildman–Crippen MR) is 109 cm³/mol. The smallest absolute Gasteiger partial charge is 0.190 e. The van der Waals surface area contributed by atoms with Gasteiger partial charge in [-0.15, -0.1) is 0 Å². The lowest BCUT2D eigenvalue weighted by molar-refractivity contribution is 0.0169. The number of sulfone groups is 1. The maximum atomic E-state index is 11.4. The fraction of sp³-hybridized carbons (Fsp3) is 0.947. The summed E-state index contributed by atoms with van der Waals surface area (Å²) in [6.45, 7) is 8.48. The lowest BCUT2D eigenvalue weighted by Gasteiger charge is -2.27. The van der Waals surface area contributed by atoms with Crippen molar-refractivity contribution >= 4 is 15.8 Å². The number of hydrogen-bond donors (Lipinski definition) is 2. The number of ether oxygens (including phenoxy) is 1. The van der Waals surface area contributed by atoms with E-state index in [9.17, 15) is 8.42 Å². The average molecular weight is 390 g/mol. The molecule has 0 aliphatic heterocycles. The first-order valence-corrected chi connectivity index (χ1v) is 12.0. The van der Waals surface area contributed by atoms with Gasteiger partial charge in [0.2, 0.25) is 0 Å². The molecule has 1 atom stereocenters. The van der Waals surface area contributed by atoms with Gasteiger partial charge in [0.15, 0.2) is 5.96 Å². The van der Waals surface area contributed by atoms with Crippen molar-refractivity contribution in [2.75, 3.05) is 38.8 Å². The molecule has 1 aliphatic carbocycles. The van der Waals surface area contributed by atoms with Gasteiger partial charge in [0.25, 0.3) is 0 Å². The van der Waals surface area contributed by atoms with Gasteiger partial charge in [0.1, 0.15) is 9.84 Å². The topological polar surface area (TPSA) is 79.8 Å². The largest absolute Gasteiger partial charge is 0.378 e. The maximum Gasteiger partial charge on any atom is 0.190 e. The fourth-order valence-electron chi connectivity index (χ4n) is 3.42. The van der Waals surface area contributed by atoms with Gasteiger partial charge in [0.05, 0.1) is 11.9 Å². The Kier molecular flexibility index (Phi) is 9.93. The summed E-state index contributed by atoms with van der Waals surface area (Å²) >= 11 is 0. The molecule has 0 saturated heterocycles. The van der Waals surface area contributed by atoms with Crippen LogP contribution in [0.5, 0.6) is 0 Å². The molecule has 0 amide bonds. The van der Waals surface area contributed by atoms with Crippen molar-refractivity contribution in [1.82, 2.24) is 10.6 Å². The van der Waals surface area contributed by atoms with Gasteiger partial charge in [-0.05, 0) is 43.9 Å². The van der Waals surface area contributed by atoms with Crippen LogP contribution in [0.1, 0.15) is 59.3 Å². The highest BCUT2D eigenvalue weighted by atomic mass is 32.2. The second-order valence-corrected chi connectivity index (χ2v) is 10.5. The van der Waals surface area contributed by atoms with Crippen molar-refractivity contribution in [3.05, 3.63) is 0 Å². The Morgan fingerprint density at radius 3 is 2.46 bits per heavy atom. The molecule has 1 fully saturated rings. The third-order valence-corrected chi connectivity index (χ3v) is 6.08. The van der Waals surface area contributed by atoms with Crippen LogP contribution in [0.4, 0.5) is 0 Å².